The molecular weight excluding hydrogens is 220 g/mol. The monoisotopic (exact) mass is 240 g/mol. The molecule has 0 radical (unpaired) electrons. The van der Waals surface area contributed by atoms with Gasteiger partial charge in [-0.25, -0.2) is 0 Å². The fraction of sp³-hybridized carbons (Fsp3) is 0.769. The van der Waals surface area contributed by atoms with E-state index in [0.717, 1.165) is 19.3 Å². The number of carbonyl (C=O) groups excluding carboxylic acids is 1. The van der Waals surface area contributed by atoms with Crippen molar-refractivity contribution in [3.63, 3.8) is 0 Å². The van der Waals surface area contributed by atoms with E-state index in [4.69, 9.17) is 20.6 Å². The van der Waals surface area contributed by atoms with E-state index in [1.165, 1.54) is 6.92 Å². The molecule has 0 aromatic heterocycles. The fourth-order valence-electron chi connectivity index (χ4n) is 2.06. The highest BCUT2D eigenvalue weighted by Gasteiger charge is 2.32. The third-order valence-electron chi connectivity index (χ3n) is 2.90. The predicted octanol–water partition coefficient (Wildman–Crippen LogP) is 1.38. The molecule has 1 saturated carbocycles. The molecule has 96 valence electrons. The lowest BCUT2D eigenvalue weighted by Gasteiger charge is -2.33. The minimum atomic E-state index is -0.269. The molecule has 0 bridgehead atoms. The van der Waals surface area contributed by atoms with E-state index >= 15 is 0 Å². The Hall–Kier alpha value is -1.05. The number of hydrogen-bond donors (Lipinski definition) is 0. The summed E-state index contributed by atoms with van der Waals surface area (Å²) in [7, 11) is 1.62. The first kappa shape index (κ1) is 14.0. The Labute approximate surface area is 103 Å². The average Bonchev–Trinajstić information content (AvgIpc) is 2.30. The molecule has 1 fully saturated rings. The minimum Gasteiger partial charge on any atom is -0.460 e. The van der Waals surface area contributed by atoms with Gasteiger partial charge < -0.3 is 14.2 Å². The largest absolute Gasteiger partial charge is 0.460 e. The highest BCUT2D eigenvalue weighted by molar-refractivity contribution is 5.66. The molecule has 0 saturated heterocycles. The van der Waals surface area contributed by atoms with Gasteiger partial charge in [-0.15, -0.1) is 12.3 Å². The summed E-state index contributed by atoms with van der Waals surface area (Å²) in [6.07, 6.45) is 7.55. The summed E-state index contributed by atoms with van der Waals surface area (Å²) in [6, 6.07) is 0. The Morgan fingerprint density at radius 2 is 2.12 bits per heavy atom. The van der Waals surface area contributed by atoms with E-state index < -0.39 is 0 Å². The first-order chi connectivity index (χ1) is 8.17. The summed E-state index contributed by atoms with van der Waals surface area (Å²) >= 11 is 0. The first-order valence-corrected chi connectivity index (χ1v) is 5.91. The summed E-state index contributed by atoms with van der Waals surface area (Å²) in [4.78, 5) is 11.0. The van der Waals surface area contributed by atoms with Gasteiger partial charge in [0.25, 0.3) is 0 Å². The quantitative estimate of drug-likeness (QED) is 0.414. The predicted molar refractivity (Wildman–Crippen MR) is 63.3 cm³/mol. The molecule has 0 aromatic rings. The smallest absolute Gasteiger partial charge is 0.302 e. The Morgan fingerprint density at radius 3 is 2.71 bits per heavy atom. The fourth-order valence-corrected chi connectivity index (χ4v) is 2.06. The van der Waals surface area contributed by atoms with Gasteiger partial charge in [-0.05, 0) is 19.3 Å². The van der Waals surface area contributed by atoms with E-state index in [2.05, 4.69) is 5.92 Å². The van der Waals surface area contributed by atoms with Crippen LogP contribution in [-0.2, 0) is 19.0 Å². The zero-order valence-corrected chi connectivity index (χ0v) is 10.5. The molecule has 0 aliphatic heterocycles. The lowest BCUT2D eigenvalue weighted by molar-refractivity contribution is -0.160. The summed E-state index contributed by atoms with van der Waals surface area (Å²) in [5.41, 5.74) is 0. The summed E-state index contributed by atoms with van der Waals surface area (Å²) < 4.78 is 15.9. The summed E-state index contributed by atoms with van der Waals surface area (Å²) in [5.74, 6) is 2.69. The van der Waals surface area contributed by atoms with Crippen LogP contribution in [-0.4, -0.2) is 38.5 Å². The van der Waals surface area contributed by atoms with Crippen LogP contribution in [0.3, 0.4) is 0 Å². The van der Waals surface area contributed by atoms with Crippen LogP contribution < -0.4 is 0 Å². The molecule has 1 aliphatic carbocycles. The SMILES string of the molecule is C#CC1CCC(OC(C)=O)C(OCCOC)C1. The van der Waals surface area contributed by atoms with Crippen molar-refractivity contribution < 1.29 is 19.0 Å². The molecule has 0 amide bonds. The van der Waals surface area contributed by atoms with Crippen LogP contribution in [0.2, 0.25) is 0 Å². The Kier molecular flexibility index (Phi) is 6.03. The lowest BCUT2D eigenvalue weighted by atomic mass is 9.85. The molecule has 17 heavy (non-hydrogen) atoms. The van der Waals surface area contributed by atoms with Crippen molar-refractivity contribution in [1.29, 1.82) is 0 Å². The molecule has 4 heteroatoms. The van der Waals surface area contributed by atoms with Gasteiger partial charge in [0.05, 0.1) is 19.3 Å². The maximum atomic E-state index is 11.0. The van der Waals surface area contributed by atoms with Crippen LogP contribution in [0.25, 0.3) is 0 Å². The average molecular weight is 240 g/mol. The molecule has 0 aromatic carbocycles. The van der Waals surface area contributed by atoms with Crippen LogP contribution in [0.4, 0.5) is 0 Å². The van der Waals surface area contributed by atoms with Crippen LogP contribution in [0.15, 0.2) is 0 Å². The molecule has 0 heterocycles. The molecule has 0 spiro atoms. The number of methoxy groups -OCH3 is 1. The van der Waals surface area contributed by atoms with E-state index in [0.29, 0.717) is 13.2 Å². The van der Waals surface area contributed by atoms with E-state index in [1.807, 2.05) is 0 Å². The van der Waals surface area contributed by atoms with Gasteiger partial charge in [0.15, 0.2) is 0 Å². The number of terminal acetylenes is 1. The van der Waals surface area contributed by atoms with Crippen LogP contribution >= 0.6 is 0 Å². The lowest BCUT2D eigenvalue weighted by Crippen LogP contribution is -2.39. The second-order valence-corrected chi connectivity index (χ2v) is 4.23. The van der Waals surface area contributed by atoms with Crippen LogP contribution in [0, 0.1) is 18.3 Å². The van der Waals surface area contributed by atoms with Crippen molar-refractivity contribution in [2.24, 2.45) is 5.92 Å². The number of ether oxygens (including phenoxy) is 3. The van der Waals surface area contributed by atoms with E-state index in [-0.39, 0.29) is 24.1 Å². The molecule has 3 unspecified atom stereocenters. The number of hydrogen-bond acceptors (Lipinski definition) is 4. The third-order valence-corrected chi connectivity index (χ3v) is 2.90. The van der Waals surface area contributed by atoms with Crippen molar-refractivity contribution >= 4 is 5.97 Å². The summed E-state index contributed by atoms with van der Waals surface area (Å²) in [6.45, 7) is 2.44. The molecule has 4 nitrogen and oxygen atoms in total. The maximum Gasteiger partial charge on any atom is 0.302 e. The highest BCUT2D eigenvalue weighted by Crippen LogP contribution is 2.28. The van der Waals surface area contributed by atoms with E-state index in [1.54, 1.807) is 7.11 Å². The molecule has 1 aliphatic rings. The van der Waals surface area contributed by atoms with Gasteiger partial charge >= 0.3 is 5.97 Å². The van der Waals surface area contributed by atoms with Gasteiger partial charge in [0.1, 0.15) is 6.10 Å². The standard InChI is InChI=1S/C13H20O4/c1-4-11-5-6-12(17-10(2)14)13(9-11)16-8-7-15-3/h1,11-13H,5-9H2,2-3H3. The second kappa shape index (κ2) is 7.31. The Bertz CT molecular complexity index is 282. The summed E-state index contributed by atoms with van der Waals surface area (Å²) in [5, 5.41) is 0. The number of carbonyl (C=O) groups is 1. The first-order valence-electron chi connectivity index (χ1n) is 5.91. The Morgan fingerprint density at radius 1 is 1.35 bits per heavy atom. The van der Waals surface area contributed by atoms with E-state index in [9.17, 15) is 4.79 Å². The molecular formula is C13H20O4. The van der Waals surface area contributed by atoms with Crippen molar-refractivity contribution in [2.75, 3.05) is 20.3 Å². The highest BCUT2D eigenvalue weighted by atomic mass is 16.6. The minimum absolute atomic E-state index is 0.108. The van der Waals surface area contributed by atoms with Gasteiger partial charge in [-0.1, -0.05) is 0 Å². The zero-order valence-electron chi connectivity index (χ0n) is 10.5. The number of esters is 1. The molecule has 0 N–H and O–H groups in total. The molecule has 3 atom stereocenters. The Balaban J connectivity index is 2.49. The molecule has 1 rings (SSSR count). The van der Waals surface area contributed by atoms with Gasteiger partial charge in [-0.2, -0.15) is 0 Å². The van der Waals surface area contributed by atoms with Gasteiger partial charge in [0.2, 0.25) is 0 Å². The van der Waals surface area contributed by atoms with Crippen LogP contribution in [0.5, 0.6) is 0 Å². The third kappa shape index (κ3) is 4.76. The zero-order chi connectivity index (χ0) is 12.7. The van der Waals surface area contributed by atoms with Crippen molar-refractivity contribution in [3.8, 4) is 12.3 Å². The number of rotatable bonds is 5. The maximum absolute atomic E-state index is 11.0. The van der Waals surface area contributed by atoms with Crippen molar-refractivity contribution in [3.05, 3.63) is 0 Å². The van der Waals surface area contributed by atoms with Gasteiger partial charge in [-0.3, -0.25) is 4.79 Å². The van der Waals surface area contributed by atoms with Gasteiger partial charge in [0, 0.05) is 20.0 Å². The topological polar surface area (TPSA) is 44.8 Å². The van der Waals surface area contributed by atoms with Crippen molar-refractivity contribution in [2.45, 2.75) is 38.4 Å². The van der Waals surface area contributed by atoms with Crippen molar-refractivity contribution in [1.82, 2.24) is 0 Å². The normalized spacial score (nSPS) is 28.4. The van der Waals surface area contributed by atoms with Crippen LogP contribution in [0.1, 0.15) is 26.2 Å². The second-order valence-electron chi connectivity index (χ2n) is 4.23.